The number of hydrogen-bond donors (Lipinski definition) is 2. The van der Waals surface area contributed by atoms with Crippen LogP contribution in [0.3, 0.4) is 0 Å². The molecule has 1 aliphatic rings. The van der Waals surface area contributed by atoms with Crippen molar-refractivity contribution in [2.24, 2.45) is 0 Å². The molecular formula is C21H26N4O5. The number of anilines is 2. The molecule has 1 fully saturated rings. The van der Waals surface area contributed by atoms with Gasteiger partial charge in [0.05, 0.1) is 13.2 Å². The Balaban J connectivity index is 1.71. The molecule has 3 rings (SSSR count). The second kappa shape index (κ2) is 9.45. The van der Waals surface area contributed by atoms with E-state index in [1.165, 1.54) is 10.6 Å². The van der Waals surface area contributed by atoms with Gasteiger partial charge in [0, 0.05) is 25.6 Å². The van der Waals surface area contributed by atoms with E-state index < -0.39 is 17.2 Å². The van der Waals surface area contributed by atoms with E-state index in [0.29, 0.717) is 13.2 Å². The SMILES string of the molecule is CCn1c(N)c(NC(=O)/C=C/c2ccc(O[C@@H]3CCOC3)cc2)c(=O)n(CC)c1=O. The minimum Gasteiger partial charge on any atom is -0.488 e. The number of nitrogens with zero attached hydrogens (tertiary/aromatic N) is 2. The summed E-state index contributed by atoms with van der Waals surface area (Å²) in [5.74, 6) is 0.157. The molecule has 1 atom stereocenters. The van der Waals surface area contributed by atoms with Crippen LogP contribution in [0, 0.1) is 0 Å². The van der Waals surface area contributed by atoms with Gasteiger partial charge in [0.1, 0.15) is 23.4 Å². The molecule has 2 aromatic rings. The quantitative estimate of drug-likeness (QED) is 0.662. The fraction of sp³-hybridized carbons (Fsp3) is 0.381. The van der Waals surface area contributed by atoms with Gasteiger partial charge >= 0.3 is 5.69 Å². The molecule has 0 saturated carbocycles. The predicted octanol–water partition coefficient (Wildman–Crippen LogP) is 1.45. The number of aromatic nitrogens is 2. The first-order valence-electron chi connectivity index (χ1n) is 9.91. The zero-order chi connectivity index (χ0) is 21.7. The second-order valence-corrected chi connectivity index (χ2v) is 6.83. The van der Waals surface area contributed by atoms with Crippen molar-refractivity contribution >= 4 is 23.5 Å². The van der Waals surface area contributed by atoms with Crippen molar-refractivity contribution in [1.82, 2.24) is 9.13 Å². The molecule has 1 aliphatic heterocycles. The summed E-state index contributed by atoms with van der Waals surface area (Å²) in [4.78, 5) is 37.1. The van der Waals surface area contributed by atoms with Gasteiger partial charge in [0.2, 0.25) is 5.91 Å². The van der Waals surface area contributed by atoms with Gasteiger partial charge in [-0.05, 0) is 37.6 Å². The van der Waals surface area contributed by atoms with Crippen molar-refractivity contribution in [3.63, 3.8) is 0 Å². The first-order valence-corrected chi connectivity index (χ1v) is 9.91. The van der Waals surface area contributed by atoms with E-state index in [0.717, 1.165) is 22.3 Å². The predicted molar refractivity (Wildman–Crippen MR) is 115 cm³/mol. The average molecular weight is 414 g/mol. The van der Waals surface area contributed by atoms with Crippen LogP contribution in [-0.4, -0.2) is 34.4 Å². The van der Waals surface area contributed by atoms with E-state index >= 15 is 0 Å². The van der Waals surface area contributed by atoms with Crippen LogP contribution in [0.25, 0.3) is 6.08 Å². The summed E-state index contributed by atoms with van der Waals surface area (Å²) in [5.41, 5.74) is 5.52. The molecule has 0 aliphatic carbocycles. The summed E-state index contributed by atoms with van der Waals surface area (Å²) in [6.45, 7) is 5.18. The summed E-state index contributed by atoms with van der Waals surface area (Å²) in [7, 11) is 0. The second-order valence-electron chi connectivity index (χ2n) is 6.83. The molecular weight excluding hydrogens is 388 g/mol. The highest BCUT2D eigenvalue weighted by Gasteiger charge is 2.18. The lowest BCUT2D eigenvalue weighted by Gasteiger charge is -2.14. The Morgan fingerprint density at radius 3 is 2.53 bits per heavy atom. The van der Waals surface area contributed by atoms with Gasteiger partial charge in [-0.15, -0.1) is 0 Å². The minimum absolute atomic E-state index is 0.0589. The molecule has 1 aromatic carbocycles. The van der Waals surface area contributed by atoms with Gasteiger partial charge in [-0.2, -0.15) is 0 Å². The molecule has 0 unspecified atom stereocenters. The fourth-order valence-electron chi connectivity index (χ4n) is 3.21. The molecule has 3 N–H and O–H groups in total. The highest BCUT2D eigenvalue weighted by Crippen LogP contribution is 2.18. The van der Waals surface area contributed by atoms with Gasteiger partial charge in [-0.25, -0.2) is 4.79 Å². The van der Waals surface area contributed by atoms with Crippen LogP contribution in [-0.2, 0) is 22.6 Å². The third-order valence-corrected chi connectivity index (χ3v) is 4.85. The number of rotatable bonds is 7. The standard InChI is InChI=1S/C21H26N4O5/c1-3-24-19(22)18(20(27)25(4-2)21(24)28)23-17(26)10-7-14-5-8-15(9-6-14)30-16-11-12-29-13-16/h5-10,16H,3-4,11-13,22H2,1-2H3,(H,23,26)/b10-7+/t16-/m1/s1. The molecule has 160 valence electrons. The summed E-state index contributed by atoms with van der Waals surface area (Å²) >= 11 is 0. The minimum atomic E-state index is -0.621. The molecule has 1 aromatic heterocycles. The van der Waals surface area contributed by atoms with Gasteiger partial charge in [-0.3, -0.25) is 18.7 Å². The summed E-state index contributed by atoms with van der Waals surface area (Å²) < 4.78 is 13.4. The Morgan fingerprint density at radius 1 is 1.23 bits per heavy atom. The number of nitrogens with one attached hydrogen (secondary N) is 1. The number of carbonyl (C=O) groups is 1. The molecule has 30 heavy (non-hydrogen) atoms. The Hall–Kier alpha value is -3.33. The molecule has 9 nitrogen and oxygen atoms in total. The maximum absolute atomic E-state index is 12.5. The lowest BCUT2D eigenvalue weighted by Crippen LogP contribution is -2.42. The highest BCUT2D eigenvalue weighted by atomic mass is 16.5. The zero-order valence-corrected chi connectivity index (χ0v) is 17.1. The van der Waals surface area contributed by atoms with Crippen LogP contribution in [0.1, 0.15) is 25.8 Å². The van der Waals surface area contributed by atoms with Crippen LogP contribution >= 0.6 is 0 Å². The maximum atomic E-state index is 12.5. The Labute approximate surface area is 173 Å². The van der Waals surface area contributed by atoms with Gasteiger partial charge in [0.15, 0.2) is 0 Å². The zero-order valence-electron chi connectivity index (χ0n) is 17.1. The molecule has 9 heteroatoms. The van der Waals surface area contributed by atoms with Crippen LogP contribution in [0.2, 0.25) is 0 Å². The van der Waals surface area contributed by atoms with Crippen LogP contribution in [0.4, 0.5) is 11.5 Å². The highest BCUT2D eigenvalue weighted by molar-refractivity contribution is 6.03. The number of amides is 1. The van der Waals surface area contributed by atoms with Crippen molar-refractivity contribution in [2.45, 2.75) is 39.5 Å². The first-order chi connectivity index (χ1) is 14.4. The average Bonchev–Trinajstić information content (AvgIpc) is 3.24. The van der Waals surface area contributed by atoms with Crippen LogP contribution in [0.5, 0.6) is 5.75 Å². The van der Waals surface area contributed by atoms with E-state index in [1.807, 2.05) is 24.3 Å². The molecule has 0 spiro atoms. The van der Waals surface area contributed by atoms with Crippen molar-refractivity contribution in [2.75, 3.05) is 24.3 Å². The van der Waals surface area contributed by atoms with Crippen molar-refractivity contribution in [3.8, 4) is 5.75 Å². The lowest BCUT2D eigenvalue weighted by molar-refractivity contribution is -0.111. The first kappa shape index (κ1) is 21.4. The number of hydrogen-bond acceptors (Lipinski definition) is 6. The number of nitrogen functional groups attached to an aromatic ring is 1. The third kappa shape index (κ3) is 4.62. The lowest BCUT2D eigenvalue weighted by atomic mass is 10.2. The molecule has 2 heterocycles. The van der Waals surface area contributed by atoms with Crippen molar-refractivity contribution in [1.29, 1.82) is 0 Å². The normalized spacial score (nSPS) is 16.1. The Bertz CT molecular complexity index is 1050. The maximum Gasteiger partial charge on any atom is 0.332 e. The fourth-order valence-corrected chi connectivity index (χ4v) is 3.21. The van der Waals surface area contributed by atoms with E-state index in [9.17, 15) is 14.4 Å². The Kier molecular flexibility index (Phi) is 6.73. The summed E-state index contributed by atoms with van der Waals surface area (Å²) in [6.07, 6.45) is 3.86. The Morgan fingerprint density at radius 2 is 1.93 bits per heavy atom. The van der Waals surface area contributed by atoms with E-state index in [2.05, 4.69) is 5.32 Å². The van der Waals surface area contributed by atoms with Crippen LogP contribution in [0.15, 0.2) is 39.9 Å². The third-order valence-electron chi connectivity index (χ3n) is 4.85. The number of carbonyl (C=O) groups excluding carboxylic acids is 1. The largest absolute Gasteiger partial charge is 0.488 e. The summed E-state index contributed by atoms with van der Waals surface area (Å²) in [6, 6.07) is 7.30. The van der Waals surface area contributed by atoms with Crippen LogP contribution < -0.4 is 27.0 Å². The molecule has 1 saturated heterocycles. The van der Waals surface area contributed by atoms with Crippen molar-refractivity contribution < 1.29 is 14.3 Å². The van der Waals surface area contributed by atoms with Gasteiger partial charge < -0.3 is 20.5 Å². The number of ether oxygens (including phenoxy) is 2. The molecule has 0 bridgehead atoms. The van der Waals surface area contributed by atoms with E-state index in [4.69, 9.17) is 15.2 Å². The van der Waals surface area contributed by atoms with Gasteiger partial charge in [0.25, 0.3) is 5.56 Å². The van der Waals surface area contributed by atoms with Crippen molar-refractivity contribution in [3.05, 3.63) is 56.7 Å². The monoisotopic (exact) mass is 414 g/mol. The topological polar surface area (TPSA) is 118 Å². The number of nitrogens with two attached hydrogens (primary N) is 1. The smallest absolute Gasteiger partial charge is 0.332 e. The van der Waals surface area contributed by atoms with E-state index in [1.54, 1.807) is 19.9 Å². The van der Waals surface area contributed by atoms with E-state index in [-0.39, 0.29) is 30.7 Å². The molecule has 0 radical (unpaired) electrons. The summed E-state index contributed by atoms with van der Waals surface area (Å²) in [5, 5.41) is 2.50. The molecule has 1 amide bonds. The number of benzene rings is 1. The van der Waals surface area contributed by atoms with Gasteiger partial charge in [-0.1, -0.05) is 12.1 Å².